The van der Waals surface area contributed by atoms with Crippen LogP contribution in [0.3, 0.4) is 0 Å². The molecule has 1 aliphatic heterocycles. The van der Waals surface area contributed by atoms with E-state index in [1.165, 1.54) is 0 Å². The molecule has 1 aromatic rings. The molecule has 0 saturated carbocycles. The molecule has 2 rings (SSSR count). The summed E-state index contributed by atoms with van der Waals surface area (Å²) in [6.45, 7) is 0.477. The van der Waals surface area contributed by atoms with Crippen LogP contribution in [0.1, 0.15) is 10.4 Å². The van der Waals surface area contributed by atoms with Gasteiger partial charge < -0.3 is 20.5 Å². The molecule has 0 radical (unpaired) electrons. The van der Waals surface area contributed by atoms with E-state index in [-0.39, 0.29) is 12.7 Å². The molecule has 0 saturated heterocycles. The van der Waals surface area contributed by atoms with Crippen molar-refractivity contribution in [1.29, 1.82) is 0 Å². The van der Waals surface area contributed by atoms with Crippen LogP contribution in [0, 0.1) is 0 Å². The highest BCUT2D eigenvalue weighted by atomic mass is 32.2. The van der Waals surface area contributed by atoms with E-state index in [9.17, 15) is 9.00 Å². The third-order valence-corrected chi connectivity index (χ3v) is 3.24. The topological polar surface area (TPSA) is 90.7 Å². The number of carbonyl (C=O) groups excluding carboxylic acids is 1. The Morgan fingerprint density at radius 2 is 2.11 bits per heavy atom. The van der Waals surface area contributed by atoms with Gasteiger partial charge in [0.1, 0.15) is 0 Å². The summed E-state index contributed by atoms with van der Waals surface area (Å²) in [5.74, 6) is 1.15. The Morgan fingerprint density at radius 3 is 2.78 bits per heavy atom. The van der Waals surface area contributed by atoms with Gasteiger partial charge in [-0.05, 0) is 6.07 Å². The molecule has 1 unspecified atom stereocenters. The molecule has 7 heteroatoms. The Bertz CT molecular complexity index is 504. The number of ether oxygens (including phenoxy) is 2. The highest BCUT2D eigenvalue weighted by Gasteiger charge is 2.19. The molecule has 0 aromatic heterocycles. The standard InChI is InChI=1S/C11H14N2O4S/c1-18(15)3-2-13-11(14)7-4-9-10(5-8(7)12)17-6-16-9/h4-5H,2-3,6,12H2,1H3,(H,13,14). The molecule has 1 heterocycles. The lowest BCUT2D eigenvalue weighted by Crippen LogP contribution is -2.28. The fourth-order valence-electron chi connectivity index (χ4n) is 1.56. The first-order valence-electron chi connectivity index (χ1n) is 5.35. The lowest BCUT2D eigenvalue weighted by molar-refractivity contribution is 0.0956. The van der Waals surface area contributed by atoms with Gasteiger partial charge in [0.05, 0.1) is 5.56 Å². The highest BCUT2D eigenvalue weighted by molar-refractivity contribution is 7.84. The largest absolute Gasteiger partial charge is 0.454 e. The molecule has 1 aliphatic rings. The minimum Gasteiger partial charge on any atom is -0.454 e. The van der Waals surface area contributed by atoms with Gasteiger partial charge in [-0.25, -0.2) is 0 Å². The monoisotopic (exact) mass is 270 g/mol. The van der Waals surface area contributed by atoms with E-state index in [4.69, 9.17) is 15.2 Å². The molecule has 0 fully saturated rings. The van der Waals surface area contributed by atoms with Crippen LogP contribution in [-0.4, -0.2) is 35.5 Å². The van der Waals surface area contributed by atoms with Crippen LogP contribution >= 0.6 is 0 Å². The molecule has 1 atom stereocenters. The fraction of sp³-hybridized carbons (Fsp3) is 0.364. The lowest BCUT2D eigenvalue weighted by Gasteiger charge is -2.08. The van der Waals surface area contributed by atoms with Gasteiger partial charge in [0, 0.05) is 41.1 Å². The summed E-state index contributed by atoms with van der Waals surface area (Å²) in [4.78, 5) is 11.9. The number of hydrogen-bond acceptors (Lipinski definition) is 5. The SMILES string of the molecule is CS(=O)CCNC(=O)c1cc2c(cc1N)OCO2. The van der Waals surface area contributed by atoms with Crippen LogP contribution in [-0.2, 0) is 10.8 Å². The zero-order valence-electron chi connectivity index (χ0n) is 9.89. The number of amides is 1. The lowest BCUT2D eigenvalue weighted by atomic mass is 10.1. The number of rotatable bonds is 4. The van der Waals surface area contributed by atoms with Gasteiger partial charge >= 0.3 is 0 Å². The molecule has 98 valence electrons. The van der Waals surface area contributed by atoms with Crippen molar-refractivity contribution in [2.24, 2.45) is 0 Å². The molecule has 6 nitrogen and oxygen atoms in total. The number of benzene rings is 1. The van der Waals surface area contributed by atoms with E-state index in [1.54, 1.807) is 18.4 Å². The number of fused-ring (bicyclic) bond motifs is 1. The van der Waals surface area contributed by atoms with Crippen molar-refractivity contribution in [3.63, 3.8) is 0 Å². The maximum atomic E-state index is 11.9. The van der Waals surface area contributed by atoms with Crippen LogP contribution < -0.4 is 20.5 Å². The normalized spacial score (nSPS) is 14.3. The second-order valence-electron chi connectivity index (χ2n) is 3.83. The van der Waals surface area contributed by atoms with E-state index in [1.807, 2.05) is 0 Å². The molecule has 0 aliphatic carbocycles. The number of nitrogens with one attached hydrogen (secondary N) is 1. The van der Waals surface area contributed by atoms with Gasteiger partial charge in [-0.3, -0.25) is 9.00 Å². The van der Waals surface area contributed by atoms with Crippen LogP contribution in [0.4, 0.5) is 5.69 Å². The van der Waals surface area contributed by atoms with Crippen molar-refractivity contribution in [2.75, 3.05) is 31.1 Å². The highest BCUT2D eigenvalue weighted by Crippen LogP contribution is 2.35. The third kappa shape index (κ3) is 2.73. The quantitative estimate of drug-likeness (QED) is 0.758. The molecule has 3 N–H and O–H groups in total. The summed E-state index contributed by atoms with van der Waals surface area (Å²) < 4.78 is 21.2. The number of carbonyl (C=O) groups is 1. The summed E-state index contributed by atoms with van der Waals surface area (Å²) in [6, 6.07) is 3.12. The van der Waals surface area contributed by atoms with Gasteiger partial charge in [-0.1, -0.05) is 0 Å². The maximum Gasteiger partial charge on any atom is 0.253 e. The Morgan fingerprint density at radius 1 is 1.44 bits per heavy atom. The summed E-state index contributed by atoms with van der Waals surface area (Å²) in [5.41, 5.74) is 6.43. The van der Waals surface area contributed by atoms with E-state index in [2.05, 4.69) is 5.32 Å². The Labute approximate surface area is 107 Å². The number of nitrogen functional groups attached to an aromatic ring is 1. The summed E-state index contributed by atoms with van der Waals surface area (Å²) in [6.07, 6.45) is 1.58. The molecule has 1 amide bonds. The number of anilines is 1. The minimum atomic E-state index is -0.934. The predicted molar refractivity (Wildman–Crippen MR) is 68.2 cm³/mol. The smallest absolute Gasteiger partial charge is 0.253 e. The maximum absolute atomic E-state index is 11.9. The molecule has 0 bridgehead atoms. The number of hydrogen-bond donors (Lipinski definition) is 2. The Balaban J connectivity index is 2.08. The summed E-state index contributed by atoms with van der Waals surface area (Å²) in [5, 5.41) is 2.65. The summed E-state index contributed by atoms with van der Waals surface area (Å²) >= 11 is 0. The van der Waals surface area contributed by atoms with Crippen LogP contribution in [0.2, 0.25) is 0 Å². The average molecular weight is 270 g/mol. The molecule has 1 aromatic carbocycles. The van der Waals surface area contributed by atoms with Gasteiger partial charge in [-0.2, -0.15) is 0 Å². The first-order valence-corrected chi connectivity index (χ1v) is 7.08. The number of nitrogens with two attached hydrogens (primary N) is 1. The van der Waals surface area contributed by atoms with Gasteiger partial charge in [0.15, 0.2) is 11.5 Å². The van der Waals surface area contributed by atoms with Gasteiger partial charge in [0.25, 0.3) is 5.91 Å². The third-order valence-electron chi connectivity index (χ3n) is 2.46. The van der Waals surface area contributed by atoms with Crippen molar-refractivity contribution in [3.8, 4) is 11.5 Å². The Kier molecular flexibility index (Phi) is 3.71. The van der Waals surface area contributed by atoms with E-state index >= 15 is 0 Å². The molecule has 0 spiro atoms. The average Bonchev–Trinajstić information content (AvgIpc) is 2.74. The van der Waals surface area contributed by atoms with Crippen molar-refractivity contribution < 1.29 is 18.5 Å². The summed E-state index contributed by atoms with van der Waals surface area (Å²) in [7, 11) is -0.934. The van der Waals surface area contributed by atoms with Crippen LogP contribution in [0.25, 0.3) is 0 Å². The first-order chi connectivity index (χ1) is 8.58. The molecular weight excluding hydrogens is 256 g/mol. The van der Waals surface area contributed by atoms with E-state index in [0.29, 0.717) is 35.0 Å². The van der Waals surface area contributed by atoms with Crippen molar-refractivity contribution in [1.82, 2.24) is 5.32 Å². The van der Waals surface area contributed by atoms with E-state index in [0.717, 1.165) is 0 Å². The van der Waals surface area contributed by atoms with Gasteiger partial charge in [-0.15, -0.1) is 0 Å². The van der Waals surface area contributed by atoms with Crippen molar-refractivity contribution >= 4 is 22.4 Å². The zero-order valence-corrected chi connectivity index (χ0v) is 10.7. The van der Waals surface area contributed by atoms with Crippen LogP contribution in [0.5, 0.6) is 11.5 Å². The predicted octanol–water partition coefficient (Wildman–Crippen LogP) is 0.106. The van der Waals surface area contributed by atoms with Gasteiger partial charge in [0.2, 0.25) is 6.79 Å². The first kappa shape index (κ1) is 12.7. The fourth-order valence-corrected chi connectivity index (χ4v) is 1.95. The zero-order chi connectivity index (χ0) is 13.1. The second kappa shape index (κ2) is 5.26. The second-order valence-corrected chi connectivity index (χ2v) is 5.38. The van der Waals surface area contributed by atoms with E-state index < -0.39 is 10.8 Å². The Hall–Kier alpha value is -1.76. The minimum absolute atomic E-state index is 0.134. The van der Waals surface area contributed by atoms with Crippen molar-refractivity contribution in [2.45, 2.75) is 0 Å². The molecule has 18 heavy (non-hydrogen) atoms. The van der Waals surface area contributed by atoms with Crippen LogP contribution in [0.15, 0.2) is 12.1 Å². The van der Waals surface area contributed by atoms with Crippen molar-refractivity contribution in [3.05, 3.63) is 17.7 Å². The molecular formula is C11H14N2O4S.